The van der Waals surface area contributed by atoms with E-state index in [4.69, 9.17) is 4.74 Å². The Bertz CT molecular complexity index is 170. The van der Waals surface area contributed by atoms with Crippen LogP contribution in [-0.4, -0.2) is 50.8 Å². The summed E-state index contributed by atoms with van der Waals surface area (Å²) < 4.78 is 5.82. The summed E-state index contributed by atoms with van der Waals surface area (Å²) in [7, 11) is 0. The Kier molecular flexibility index (Phi) is 8.67. The number of nitrogens with one attached hydrogen (secondary N) is 1. The minimum atomic E-state index is 0.776. The molecule has 1 fully saturated rings. The number of hydrogen-bond donors (Lipinski definition) is 1. The molecule has 0 bridgehead atoms. The molecular weight excluding hydrogens is 212 g/mol. The van der Waals surface area contributed by atoms with Crippen LogP contribution < -0.4 is 5.32 Å². The number of nitrogens with zero attached hydrogens (tertiary/aromatic N) is 1. The van der Waals surface area contributed by atoms with Gasteiger partial charge in [0.2, 0.25) is 0 Å². The van der Waals surface area contributed by atoms with Gasteiger partial charge in [0.15, 0.2) is 0 Å². The summed E-state index contributed by atoms with van der Waals surface area (Å²) in [5, 5.41) is 3.37. The summed E-state index contributed by atoms with van der Waals surface area (Å²) in [6, 6.07) is 0. The topological polar surface area (TPSA) is 24.5 Å². The van der Waals surface area contributed by atoms with Crippen LogP contribution in [-0.2, 0) is 4.74 Å². The van der Waals surface area contributed by atoms with Crippen LogP contribution in [0, 0.1) is 5.92 Å². The Labute approximate surface area is 107 Å². The largest absolute Gasteiger partial charge is 0.380 e. The van der Waals surface area contributed by atoms with Gasteiger partial charge in [0.05, 0.1) is 6.61 Å². The molecule has 1 unspecified atom stereocenters. The molecule has 1 N–H and O–H groups in total. The first-order chi connectivity index (χ1) is 8.36. The second-order valence-corrected chi connectivity index (χ2v) is 5.08. The lowest BCUT2D eigenvalue weighted by Gasteiger charge is -2.27. The molecule has 0 saturated carbocycles. The van der Waals surface area contributed by atoms with E-state index in [0.717, 1.165) is 38.8 Å². The van der Waals surface area contributed by atoms with Crippen molar-refractivity contribution in [3.8, 4) is 0 Å². The van der Waals surface area contributed by atoms with Crippen LogP contribution in [0.4, 0.5) is 0 Å². The molecule has 0 radical (unpaired) electrons. The van der Waals surface area contributed by atoms with E-state index < -0.39 is 0 Å². The van der Waals surface area contributed by atoms with Gasteiger partial charge in [-0.05, 0) is 12.3 Å². The highest BCUT2D eigenvalue weighted by molar-refractivity contribution is 4.67. The quantitative estimate of drug-likeness (QED) is 0.627. The highest BCUT2D eigenvalue weighted by atomic mass is 16.5. The summed E-state index contributed by atoms with van der Waals surface area (Å²) in [5.74, 6) is 0.776. The molecule has 0 aromatic rings. The van der Waals surface area contributed by atoms with Gasteiger partial charge in [0, 0.05) is 39.3 Å². The first-order valence-electron chi connectivity index (χ1n) is 7.37. The van der Waals surface area contributed by atoms with Gasteiger partial charge >= 0.3 is 0 Å². The highest BCUT2D eigenvalue weighted by Gasteiger charge is 2.09. The highest BCUT2D eigenvalue weighted by Crippen LogP contribution is 2.12. The lowest BCUT2D eigenvalue weighted by atomic mass is 10.0. The van der Waals surface area contributed by atoms with Crippen molar-refractivity contribution in [2.24, 2.45) is 5.92 Å². The number of hydrogen-bond acceptors (Lipinski definition) is 3. The van der Waals surface area contributed by atoms with Crippen LogP contribution >= 0.6 is 0 Å². The van der Waals surface area contributed by atoms with Gasteiger partial charge in [-0.1, -0.05) is 33.1 Å². The van der Waals surface area contributed by atoms with E-state index >= 15 is 0 Å². The third-order valence-electron chi connectivity index (χ3n) is 3.66. The molecule has 1 rings (SSSR count). The molecule has 1 aliphatic rings. The van der Waals surface area contributed by atoms with E-state index in [2.05, 4.69) is 24.1 Å². The van der Waals surface area contributed by atoms with Crippen LogP contribution in [0.25, 0.3) is 0 Å². The maximum absolute atomic E-state index is 5.82. The number of ether oxygens (including phenoxy) is 1. The molecule has 1 atom stereocenters. The Morgan fingerprint density at radius 3 is 2.65 bits per heavy atom. The summed E-state index contributed by atoms with van der Waals surface area (Å²) in [6.07, 6.45) is 5.24. The fraction of sp³-hybridized carbons (Fsp3) is 1.00. The molecule has 1 saturated heterocycles. The predicted molar refractivity (Wildman–Crippen MR) is 73.4 cm³/mol. The Morgan fingerprint density at radius 1 is 1.24 bits per heavy atom. The van der Waals surface area contributed by atoms with E-state index in [1.54, 1.807) is 0 Å². The normalized spacial score (nSPS) is 19.4. The van der Waals surface area contributed by atoms with E-state index in [0.29, 0.717) is 0 Å². The van der Waals surface area contributed by atoms with E-state index in [1.165, 1.54) is 38.8 Å². The first kappa shape index (κ1) is 14.9. The van der Waals surface area contributed by atoms with Crippen LogP contribution in [0.5, 0.6) is 0 Å². The molecule has 3 nitrogen and oxygen atoms in total. The Balaban J connectivity index is 1.97. The molecule has 102 valence electrons. The minimum Gasteiger partial charge on any atom is -0.380 e. The van der Waals surface area contributed by atoms with Crippen LogP contribution in [0.3, 0.4) is 0 Å². The standard InChI is InChI=1S/C14H30N2O/c1-3-5-6-14(4-2)13-17-12-11-16-9-7-15-8-10-16/h14-15H,3-13H2,1-2H3. The monoisotopic (exact) mass is 242 g/mol. The predicted octanol–water partition coefficient (Wildman–Crippen LogP) is 2.12. The SMILES string of the molecule is CCCCC(CC)COCCN1CCNCC1. The Morgan fingerprint density at radius 2 is 2.00 bits per heavy atom. The van der Waals surface area contributed by atoms with Crippen molar-refractivity contribution in [3.05, 3.63) is 0 Å². The maximum atomic E-state index is 5.82. The smallest absolute Gasteiger partial charge is 0.0593 e. The summed E-state index contributed by atoms with van der Waals surface area (Å²) in [6.45, 7) is 12.1. The molecule has 17 heavy (non-hydrogen) atoms. The molecule has 0 spiro atoms. The summed E-state index contributed by atoms with van der Waals surface area (Å²) in [4.78, 5) is 2.49. The zero-order chi connectivity index (χ0) is 12.3. The summed E-state index contributed by atoms with van der Waals surface area (Å²) >= 11 is 0. The van der Waals surface area contributed by atoms with Crippen molar-refractivity contribution >= 4 is 0 Å². The fourth-order valence-corrected chi connectivity index (χ4v) is 2.28. The lowest BCUT2D eigenvalue weighted by molar-refractivity contribution is 0.0706. The molecule has 1 aliphatic heterocycles. The third-order valence-corrected chi connectivity index (χ3v) is 3.66. The zero-order valence-corrected chi connectivity index (χ0v) is 11.7. The van der Waals surface area contributed by atoms with Crippen molar-refractivity contribution in [3.63, 3.8) is 0 Å². The summed E-state index contributed by atoms with van der Waals surface area (Å²) in [5.41, 5.74) is 0. The van der Waals surface area contributed by atoms with Crippen molar-refractivity contribution in [2.45, 2.75) is 39.5 Å². The average Bonchev–Trinajstić information content (AvgIpc) is 2.39. The van der Waals surface area contributed by atoms with Gasteiger partial charge in [-0.2, -0.15) is 0 Å². The number of unbranched alkanes of at least 4 members (excludes halogenated alkanes) is 1. The van der Waals surface area contributed by atoms with Gasteiger partial charge < -0.3 is 10.1 Å². The first-order valence-corrected chi connectivity index (χ1v) is 7.37. The minimum absolute atomic E-state index is 0.776. The third kappa shape index (κ3) is 7.02. The second kappa shape index (κ2) is 9.86. The molecule has 0 aromatic carbocycles. The van der Waals surface area contributed by atoms with Crippen molar-refractivity contribution in [2.75, 3.05) is 45.9 Å². The number of piperazine rings is 1. The molecule has 3 heteroatoms. The second-order valence-electron chi connectivity index (χ2n) is 5.08. The van der Waals surface area contributed by atoms with E-state index in [-0.39, 0.29) is 0 Å². The van der Waals surface area contributed by atoms with Crippen LogP contribution in [0.1, 0.15) is 39.5 Å². The van der Waals surface area contributed by atoms with Crippen LogP contribution in [0.15, 0.2) is 0 Å². The fourth-order valence-electron chi connectivity index (χ4n) is 2.28. The maximum Gasteiger partial charge on any atom is 0.0593 e. The van der Waals surface area contributed by atoms with Crippen LogP contribution in [0.2, 0.25) is 0 Å². The van der Waals surface area contributed by atoms with E-state index in [1.807, 2.05) is 0 Å². The van der Waals surface area contributed by atoms with Crippen molar-refractivity contribution in [1.82, 2.24) is 10.2 Å². The van der Waals surface area contributed by atoms with Crippen molar-refractivity contribution < 1.29 is 4.74 Å². The zero-order valence-electron chi connectivity index (χ0n) is 11.7. The van der Waals surface area contributed by atoms with Gasteiger partial charge in [-0.3, -0.25) is 4.90 Å². The number of rotatable bonds is 9. The average molecular weight is 242 g/mol. The van der Waals surface area contributed by atoms with E-state index in [9.17, 15) is 0 Å². The van der Waals surface area contributed by atoms with Gasteiger partial charge in [-0.25, -0.2) is 0 Å². The van der Waals surface area contributed by atoms with Gasteiger partial charge in [0.1, 0.15) is 0 Å². The Hall–Kier alpha value is -0.120. The van der Waals surface area contributed by atoms with Crippen molar-refractivity contribution in [1.29, 1.82) is 0 Å². The molecule has 0 amide bonds. The van der Waals surface area contributed by atoms with Gasteiger partial charge in [0.25, 0.3) is 0 Å². The molecular formula is C14H30N2O. The molecule has 1 heterocycles. The molecule has 0 aliphatic carbocycles. The molecule has 0 aromatic heterocycles. The lowest BCUT2D eigenvalue weighted by Crippen LogP contribution is -2.44. The van der Waals surface area contributed by atoms with Gasteiger partial charge in [-0.15, -0.1) is 0 Å².